The minimum Gasteiger partial charge on any atom is -0.456 e. The molecule has 0 aliphatic heterocycles. The number of fused-ring (bicyclic) bond motifs is 13. The van der Waals surface area contributed by atoms with Crippen molar-refractivity contribution in [1.29, 1.82) is 0 Å². The van der Waals surface area contributed by atoms with Gasteiger partial charge in [-0.1, -0.05) is 153 Å². The van der Waals surface area contributed by atoms with Crippen molar-refractivity contribution in [3.05, 3.63) is 204 Å². The lowest BCUT2D eigenvalue weighted by Crippen LogP contribution is -2.18. The van der Waals surface area contributed by atoms with E-state index in [4.69, 9.17) is 8.83 Å². The maximum atomic E-state index is 6.51. The maximum absolute atomic E-state index is 6.51. The Labute approximate surface area is 364 Å². The monoisotopic (exact) mass is 804 g/mol. The van der Waals surface area contributed by atoms with Gasteiger partial charge in [-0.25, -0.2) is 0 Å². The first kappa shape index (κ1) is 35.0. The van der Waals surface area contributed by atoms with E-state index in [1.807, 2.05) is 12.1 Å². The molecule has 12 aromatic rings. The van der Waals surface area contributed by atoms with Crippen LogP contribution in [0.4, 0.5) is 0 Å². The first-order valence-electron chi connectivity index (χ1n) is 22.2. The zero-order chi connectivity index (χ0) is 41.6. The molecule has 0 bridgehead atoms. The standard InChI is InChI=1S/C61H40O2/c1-61(2)52-26-22-41(59-45-15-7-5-13-43(45)58(44-14-6-8-16-46(44)59)40-20-19-35-11-3-4-12-36(35)29-40)31-49(52)42-25-21-38(32-53(42)61)37-23-27-55-50(30-37)51-34-48-39(33-57(51)63-55)24-28-56-60(48)47-17-9-10-18-54(47)62-56/h3-21,23-25,27-34H,22,26H2,1-2H3. The van der Waals surface area contributed by atoms with E-state index in [2.05, 4.69) is 184 Å². The van der Waals surface area contributed by atoms with Crippen molar-refractivity contribution in [2.24, 2.45) is 0 Å². The fraction of sp³-hybridized carbons (Fsp3) is 0.0820. The molecular formula is C61H40O2. The third-order valence-electron chi connectivity index (χ3n) is 14.6. The zero-order valence-electron chi connectivity index (χ0n) is 35.1. The number of hydrogen-bond donors (Lipinski definition) is 0. The normalized spacial score (nSPS) is 14.9. The van der Waals surface area contributed by atoms with Crippen LogP contribution in [-0.4, -0.2) is 0 Å². The number of para-hydroxylation sites is 1. The van der Waals surface area contributed by atoms with Gasteiger partial charge in [0.15, 0.2) is 0 Å². The summed E-state index contributed by atoms with van der Waals surface area (Å²) in [5.74, 6) is 0. The molecule has 2 nitrogen and oxygen atoms in total. The van der Waals surface area contributed by atoms with Gasteiger partial charge in [0.1, 0.15) is 22.3 Å². The molecule has 0 atom stereocenters. The summed E-state index contributed by atoms with van der Waals surface area (Å²) in [7, 11) is 0. The van der Waals surface area contributed by atoms with Crippen molar-refractivity contribution in [1.82, 2.24) is 0 Å². The van der Waals surface area contributed by atoms with Gasteiger partial charge in [0.05, 0.1) is 0 Å². The highest BCUT2D eigenvalue weighted by molar-refractivity contribution is 6.23. The molecule has 2 heteroatoms. The molecule has 10 aromatic carbocycles. The third kappa shape index (κ3) is 4.95. The second-order valence-electron chi connectivity index (χ2n) is 18.3. The first-order chi connectivity index (χ1) is 31.0. The fourth-order valence-corrected chi connectivity index (χ4v) is 11.6. The average molecular weight is 805 g/mol. The summed E-state index contributed by atoms with van der Waals surface area (Å²) in [6.07, 6.45) is 4.59. The number of hydrogen-bond acceptors (Lipinski definition) is 2. The lowest BCUT2D eigenvalue weighted by molar-refractivity contribution is 0.609. The van der Waals surface area contributed by atoms with Gasteiger partial charge in [-0.3, -0.25) is 0 Å². The summed E-state index contributed by atoms with van der Waals surface area (Å²) < 4.78 is 12.8. The number of furan rings is 2. The second kappa shape index (κ2) is 12.7. The molecule has 2 aliphatic carbocycles. The van der Waals surface area contributed by atoms with E-state index in [-0.39, 0.29) is 5.41 Å². The van der Waals surface area contributed by atoms with Gasteiger partial charge in [0, 0.05) is 27.0 Å². The van der Waals surface area contributed by atoms with Crippen LogP contribution >= 0.6 is 0 Å². The van der Waals surface area contributed by atoms with Gasteiger partial charge in [-0.2, -0.15) is 0 Å². The second-order valence-corrected chi connectivity index (χ2v) is 18.3. The molecule has 0 radical (unpaired) electrons. The highest BCUT2D eigenvalue weighted by Gasteiger charge is 2.39. The van der Waals surface area contributed by atoms with Gasteiger partial charge in [-0.05, 0) is 155 Å². The molecule has 0 fully saturated rings. The summed E-state index contributed by atoms with van der Waals surface area (Å²) in [6, 6.07) is 64.7. The van der Waals surface area contributed by atoms with Crippen LogP contribution < -0.4 is 0 Å². The van der Waals surface area contributed by atoms with E-state index < -0.39 is 0 Å². The van der Waals surface area contributed by atoms with Gasteiger partial charge in [0.25, 0.3) is 0 Å². The Kier molecular flexibility index (Phi) is 7.04. The lowest BCUT2D eigenvalue weighted by Gasteiger charge is -2.28. The van der Waals surface area contributed by atoms with Crippen molar-refractivity contribution >= 4 is 98.1 Å². The number of benzene rings is 10. The van der Waals surface area contributed by atoms with Crippen LogP contribution in [0.25, 0.3) is 120 Å². The van der Waals surface area contributed by atoms with E-state index in [0.29, 0.717) is 0 Å². The van der Waals surface area contributed by atoms with Crippen molar-refractivity contribution in [2.45, 2.75) is 32.1 Å². The van der Waals surface area contributed by atoms with E-state index >= 15 is 0 Å². The molecule has 63 heavy (non-hydrogen) atoms. The smallest absolute Gasteiger partial charge is 0.136 e. The first-order valence-corrected chi connectivity index (χ1v) is 22.2. The molecule has 2 heterocycles. The van der Waals surface area contributed by atoms with Crippen LogP contribution in [0, 0.1) is 0 Å². The van der Waals surface area contributed by atoms with Crippen molar-refractivity contribution < 1.29 is 8.83 Å². The van der Waals surface area contributed by atoms with Crippen molar-refractivity contribution in [3.63, 3.8) is 0 Å². The minimum atomic E-state index is -0.0864. The van der Waals surface area contributed by atoms with Crippen LogP contribution in [0.5, 0.6) is 0 Å². The van der Waals surface area contributed by atoms with Crippen molar-refractivity contribution in [3.8, 4) is 22.3 Å². The third-order valence-corrected chi connectivity index (χ3v) is 14.6. The van der Waals surface area contributed by atoms with Gasteiger partial charge in [0.2, 0.25) is 0 Å². The van der Waals surface area contributed by atoms with Crippen LogP contribution in [0.3, 0.4) is 0 Å². The average Bonchev–Trinajstić information content (AvgIpc) is 3.96. The Morgan fingerprint density at radius 3 is 1.81 bits per heavy atom. The molecule has 14 rings (SSSR count). The van der Waals surface area contributed by atoms with Gasteiger partial charge < -0.3 is 8.83 Å². The molecule has 0 amide bonds. The van der Waals surface area contributed by atoms with Crippen LogP contribution in [0.15, 0.2) is 196 Å². The van der Waals surface area contributed by atoms with Crippen LogP contribution in [0.1, 0.15) is 43.4 Å². The van der Waals surface area contributed by atoms with E-state index in [1.165, 1.54) is 87.8 Å². The number of allylic oxidation sites excluding steroid dienone is 4. The van der Waals surface area contributed by atoms with E-state index in [0.717, 1.165) is 62.1 Å². The van der Waals surface area contributed by atoms with Crippen LogP contribution in [0.2, 0.25) is 0 Å². The predicted octanol–water partition coefficient (Wildman–Crippen LogP) is 17.4. The topological polar surface area (TPSA) is 26.3 Å². The fourth-order valence-electron chi connectivity index (χ4n) is 11.6. The Hall–Kier alpha value is -7.68. The van der Waals surface area contributed by atoms with Gasteiger partial charge >= 0.3 is 0 Å². The molecular weight excluding hydrogens is 765 g/mol. The van der Waals surface area contributed by atoms with E-state index in [9.17, 15) is 0 Å². The summed E-state index contributed by atoms with van der Waals surface area (Å²) in [5.41, 5.74) is 17.0. The zero-order valence-corrected chi connectivity index (χ0v) is 35.1. The molecule has 0 N–H and O–H groups in total. The Balaban J connectivity index is 0.891. The largest absolute Gasteiger partial charge is 0.456 e. The van der Waals surface area contributed by atoms with Crippen molar-refractivity contribution in [2.75, 3.05) is 0 Å². The highest BCUT2D eigenvalue weighted by atomic mass is 16.3. The molecule has 296 valence electrons. The summed E-state index contributed by atoms with van der Waals surface area (Å²) in [6.45, 7) is 4.86. The Morgan fingerprint density at radius 2 is 1.00 bits per heavy atom. The molecule has 2 aliphatic rings. The van der Waals surface area contributed by atoms with Gasteiger partial charge in [-0.15, -0.1) is 0 Å². The Morgan fingerprint density at radius 1 is 0.397 bits per heavy atom. The summed E-state index contributed by atoms with van der Waals surface area (Å²) in [4.78, 5) is 0. The minimum absolute atomic E-state index is 0.0864. The highest BCUT2D eigenvalue weighted by Crippen LogP contribution is 2.54. The molecule has 0 unspecified atom stereocenters. The Bertz CT molecular complexity index is 3990. The SMILES string of the molecule is CC1(C)C2=C(C=C(c3c4ccccc4c(-c4ccc5ccccc5c4)c4ccccc34)CC2)c2ccc(-c3ccc4oc5cc6ccc7oc8ccccc8c7c6cc5c4c3)cc21. The lowest BCUT2D eigenvalue weighted by atomic mass is 9.76. The maximum Gasteiger partial charge on any atom is 0.136 e. The van der Waals surface area contributed by atoms with Crippen LogP contribution in [-0.2, 0) is 5.41 Å². The molecule has 0 spiro atoms. The summed E-state index contributed by atoms with van der Waals surface area (Å²) >= 11 is 0. The quantitative estimate of drug-likeness (QED) is 0.166. The number of rotatable bonds is 3. The summed E-state index contributed by atoms with van der Waals surface area (Å²) in [5, 5.41) is 14.7. The molecule has 0 saturated carbocycles. The molecule has 0 saturated heterocycles. The predicted molar refractivity (Wildman–Crippen MR) is 265 cm³/mol. The molecule has 2 aromatic heterocycles. The van der Waals surface area contributed by atoms with E-state index in [1.54, 1.807) is 5.57 Å².